The minimum Gasteiger partial charge on any atom is -0.490 e. The molecule has 1 fully saturated rings. The van der Waals surface area contributed by atoms with Crippen LogP contribution in [-0.4, -0.2) is 17.1 Å². The number of nitrogens with one attached hydrogen (secondary N) is 1. The van der Waals surface area contributed by atoms with Gasteiger partial charge in [-0.15, -0.1) is 0 Å². The van der Waals surface area contributed by atoms with E-state index in [0.29, 0.717) is 23.8 Å². The Morgan fingerprint density at radius 1 is 1.12 bits per heavy atom. The third kappa shape index (κ3) is 3.92. The number of rotatable bonds is 5. The Kier molecular flexibility index (Phi) is 6.08. The number of hydrogen-bond acceptors (Lipinski definition) is 3. The van der Waals surface area contributed by atoms with Crippen LogP contribution in [0.3, 0.4) is 0 Å². The summed E-state index contributed by atoms with van der Waals surface area (Å²) in [5.41, 5.74) is 8.43. The molecular formula is C26H30F2N2O2. The van der Waals surface area contributed by atoms with E-state index in [9.17, 15) is 13.6 Å². The summed E-state index contributed by atoms with van der Waals surface area (Å²) in [5.74, 6) is -0.339. The van der Waals surface area contributed by atoms with Crippen LogP contribution in [-0.2, 0) is 5.41 Å². The van der Waals surface area contributed by atoms with Crippen molar-refractivity contribution in [2.75, 3.05) is 0 Å². The molecule has 3 aromatic rings. The monoisotopic (exact) mass is 440 g/mol. The fourth-order valence-electron chi connectivity index (χ4n) is 5.34. The molecule has 1 heterocycles. The first-order chi connectivity index (χ1) is 15.2. The van der Waals surface area contributed by atoms with Crippen LogP contribution < -0.4 is 16.0 Å². The Hall–Kier alpha value is -2.73. The molecule has 0 saturated heterocycles. The van der Waals surface area contributed by atoms with E-state index in [4.69, 9.17) is 10.5 Å². The Labute approximate surface area is 186 Å². The maximum Gasteiger partial charge on any atom is 0.255 e. The van der Waals surface area contributed by atoms with E-state index >= 15 is 0 Å². The lowest BCUT2D eigenvalue weighted by Crippen LogP contribution is -2.49. The minimum absolute atomic E-state index is 0.0255. The smallest absolute Gasteiger partial charge is 0.255 e. The van der Waals surface area contributed by atoms with Gasteiger partial charge < -0.3 is 15.5 Å². The van der Waals surface area contributed by atoms with E-state index in [1.807, 2.05) is 32.9 Å². The van der Waals surface area contributed by atoms with Crippen molar-refractivity contribution < 1.29 is 13.5 Å². The number of pyridine rings is 1. The first kappa shape index (κ1) is 22.5. The molecule has 0 amide bonds. The first-order valence-corrected chi connectivity index (χ1v) is 11.3. The number of benzene rings is 2. The third-order valence-corrected chi connectivity index (χ3v) is 7.16. The van der Waals surface area contributed by atoms with Gasteiger partial charge in [0, 0.05) is 29.1 Å². The van der Waals surface area contributed by atoms with Crippen LogP contribution in [0.2, 0.25) is 0 Å². The number of H-pyrrole nitrogens is 1. The molecule has 170 valence electrons. The number of fused-ring (bicyclic) bond motifs is 1. The van der Waals surface area contributed by atoms with Gasteiger partial charge in [0.05, 0.1) is 6.10 Å². The van der Waals surface area contributed by atoms with Gasteiger partial charge in [-0.25, -0.2) is 8.78 Å². The zero-order chi connectivity index (χ0) is 23.0. The second-order valence-corrected chi connectivity index (χ2v) is 9.06. The summed E-state index contributed by atoms with van der Waals surface area (Å²) in [4.78, 5) is 14.9. The van der Waals surface area contributed by atoms with Crippen LogP contribution in [0.15, 0.2) is 41.3 Å². The summed E-state index contributed by atoms with van der Waals surface area (Å²) in [7, 11) is 0. The summed E-state index contributed by atoms with van der Waals surface area (Å²) >= 11 is 0. The lowest BCUT2D eigenvalue weighted by atomic mass is 9.64. The zero-order valence-electron chi connectivity index (χ0n) is 18.8. The number of ether oxygens (including phenoxy) is 1. The summed E-state index contributed by atoms with van der Waals surface area (Å²) in [6.45, 7) is 5.93. The molecule has 6 heteroatoms. The van der Waals surface area contributed by atoms with Crippen molar-refractivity contribution in [3.8, 4) is 5.75 Å². The normalized spacial score (nSPS) is 22.1. The fourth-order valence-corrected chi connectivity index (χ4v) is 5.34. The molecule has 4 rings (SSSR count). The molecule has 4 nitrogen and oxygen atoms in total. The van der Waals surface area contributed by atoms with E-state index in [2.05, 4.69) is 4.98 Å². The fraction of sp³-hybridized carbons (Fsp3) is 0.423. The lowest BCUT2D eigenvalue weighted by molar-refractivity contribution is 0.102. The molecule has 1 aliphatic rings. The van der Waals surface area contributed by atoms with Crippen molar-refractivity contribution in [3.05, 3.63) is 75.2 Å². The summed E-state index contributed by atoms with van der Waals surface area (Å²) in [6, 6.07) is 7.32. The highest BCUT2D eigenvalue weighted by Gasteiger charge is 2.42. The van der Waals surface area contributed by atoms with Crippen molar-refractivity contribution in [3.63, 3.8) is 0 Å². The second-order valence-electron chi connectivity index (χ2n) is 9.06. The first-order valence-electron chi connectivity index (χ1n) is 11.3. The van der Waals surface area contributed by atoms with Gasteiger partial charge in [0.25, 0.3) is 5.56 Å². The van der Waals surface area contributed by atoms with Crippen LogP contribution in [0, 0.1) is 25.5 Å². The maximum absolute atomic E-state index is 14.0. The van der Waals surface area contributed by atoms with Crippen LogP contribution in [0.4, 0.5) is 8.78 Å². The van der Waals surface area contributed by atoms with E-state index in [0.717, 1.165) is 47.6 Å². The summed E-state index contributed by atoms with van der Waals surface area (Å²) in [5, 5.41) is 1.53. The minimum atomic E-state index is -0.571. The Balaban J connectivity index is 1.61. The number of aromatic nitrogens is 1. The number of aryl methyl sites for hydroxylation is 2. The SMILES string of the molecule is CC[C@@H](N)C1(c2cc(F)cc(F)c2)CCC(Oc2c(C)cc3c(=O)[nH]ccc3c2C)CC1. The highest BCUT2D eigenvalue weighted by atomic mass is 19.1. The Morgan fingerprint density at radius 3 is 2.41 bits per heavy atom. The zero-order valence-corrected chi connectivity index (χ0v) is 18.8. The third-order valence-electron chi connectivity index (χ3n) is 7.16. The van der Waals surface area contributed by atoms with E-state index in [1.165, 1.54) is 12.1 Å². The van der Waals surface area contributed by atoms with Gasteiger partial charge in [-0.2, -0.15) is 0 Å². The van der Waals surface area contributed by atoms with Crippen LogP contribution >= 0.6 is 0 Å². The molecule has 0 aliphatic heterocycles. The summed E-state index contributed by atoms with van der Waals surface area (Å²) < 4.78 is 34.5. The maximum atomic E-state index is 14.0. The molecule has 3 N–H and O–H groups in total. The van der Waals surface area contributed by atoms with Crippen molar-refractivity contribution in [2.45, 2.75) is 70.4 Å². The van der Waals surface area contributed by atoms with Gasteiger partial charge in [-0.05, 0) is 92.3 Å². The Morgan fingerprint density at radius 2 is 1.78 bits per heavy atom. The lowest BCUT2D eigenvalue weighted by Gasteiger charge is -2.44. The average molecular weight is 441 g/mol. The average Bonchev–Trinajstić information content (AvgIpc) is 2.76. The van der Waals surface area contributed by atoms with Crippen molar-refractivity contribution in [1.82, 2.24) is 4.98 Å². The molecule has 0 bridgehead atoms. The molecule has 1 atom stereocenters. The van der Waals surface area contributed by atoms with Gasteiger partial charge in [-0.1, -0.05) is 6.92 Å². The molecule has 2 aromatic carbocycles. The predicted octanol–water partition coefficient (Wildman–Crippen LogP) is 5.42. The van der Waals surface area contributed by atoms with Gasteiger partial charge in [0.1, 0.15) is 17.4 Å². The summed E-state index contributed by atoms with van der Waals surface area (Å²) in [6.07, 6.45) is 5.21. The Bertz CT molecular complexity index is 1180. The highest BCUT2D eigenvalue weighted by Crippen LogP contribution is 2.44. The molecule has 0 radical (unpaired) electrons. The number of hydrogen-bond donors (Lipinski definition) is 2. The van der Waals surface area contributed by atoms with Gasteiger partial charge in [-0.3, -0.25) is 4.79 Å². The van der Waals surface area contributed by atoms with Crippen LogP contribution in [0.1, 0.15) is 55.7 Å². The van der Waals surface area contributed by atoms with Gasteiger partial charge in [0.15, 0.2) is 0 Å². The van der Waals surface area contributed by atoms with E-state index < -0.39 is 17.0 Å². The standard InChI is InChI=1S/C26H30F2N2O2/c1-4-23(29)26(17-12-18(27)14-19(28)13-17)8-5-20(6-9-26)32-24-15(2)11-22-21(16(24)3)7-10-30-25(22)31/h7,10-14,20,23H,4-6,8-9,29H2,1-3H3,(H,30,31)/t20?,23-,26?/m1/s1. The molecule has 32 heavy (non-hydrogen) atoms. The largest absolute Gasteiger partial charge is 0.490 e. The van der Waals surface area contributed by atoms with Crippen molar-refractivity contribution in [2.24, 2.45) is 5.73 Å². The quantitative estimate of drug-likeness (QED) is 0.557. The molecule has 1 aliphatic carbocycles. The molecular weight excluding hydrogens is 410 g/mol. The van der Waals surface area contributed by atoms with Crippen LogP contribution in [0.25, 0.3) is 10.8 Å². The molecule has 0 spiro atoms. The second kappa shape index (κ2) is 8.66. The molecule has 1 aromatic heterocycles. The molecule has 1 saturated carbocycles. The van der Waals surface area contributed by atoms with E-state index in [-0.39, 0.29) is 17.7 Å². The van der Waals surface area contributed by atoms with Crippen molar-refractivity contribution in [1.29, 1.82) is 0 Å². The topological polar surface area (TPSA) is 68.1 Å². The van der Waals surface area contributed by atoms with Crippen molar-refractivity contribution >= 4 is 10.8 Å². The number of halogens is 2. The highest BCUT2D eigenvalue weighted by molar-refractivity contribution is 5.87. The van der Waals surface area contributed by atoms with E-state index in [1.54, 1.807) is 6.20 Å². The van der Waals surface area contributed by atoms with Gasteiger partial charge in [0.2, 0.25) is 0 Å². The molecule has 0 unspecified atom stereocenters. The van der Waals surface area contributed by atoms with Crippen LogP contribution in [0.5, 0.6) is 5.75 Å². The predicted molar refractivity (Wildman–Crippen MR) is 123 cm³/mol. The number of aromatic amines is 1. The number of nitrogens with two attached hydrogens (primary N) is 1. The van der Waals surface area contributed by atoms with Gasteiger partial charge >= 0.3 is 0 Å².